The summed E-state index contributed by atoms with van der Waals surface area (Å²) in [5.74, 6) is -0.153. The van der Waals surface area contributed by atoms with Crippen molar-refractivity contribution in [1.82, 2.24) is 0 Å². The van der Waals surface area contributed by atoms with Crippen molar-refractivity contribution < 1.29 is 24.1 Å². The molecule has 5 heteroatoms. The highest BCUT2D eigenvalue weighted by Gasteiger charge is 2.54. The van der Waals surface area contributed by atoms with Gasteiger partial charge in [0.05, 0.1) is 25.4 Å². The molecule has 1 N–H and O–H groups in total. The third-order valence-electron chi connectivity index (χ3n) is 3.54. The van der Waals surface area contributed by atoms with Gasteiger partial charge in [0.15, 0.2) is 0 Å². The molecule has 5 nitrogen and oxygen atoms in total. The summed E-state index contributed by atoms with van der Waals surface area (Å²) in [6.45, 7) is 7.45. The zero-order chi connectivity index (χ0) is 14.6. The van der Waals surface area contributed by atoms with Crippen LogP contribution < -0.4 is 0 Å². The van der Waals surface area contributed by atoms with Crippen LogP contribution in [0.25, 0.3) is 0 Å². The van der Waals surface area contributed by atoms with Gasteiger partial charge < -0.3 is 19.3 Å². The van der Waals surface area contributed by atoms with Gasteiger partial charge in [-0.2, -0.15) is 0 Å². The van der Waals surface area contributed by atoms with Crippen molar-refractivity contribution in [1.29, 1.82) is 0 Å². The van der Waals surface area contributed by atoms with Crippen molar-refractivity contribution in [3.8, 4) is 0 Å². The molecule has 0 saturated carbocycles. The summed E-state index contributed by atoms with van der Waals surface area (Å²) in [5.41, 5.74) is -0.490. The first kappa shape index (κ1) is 15.7. The standard InChI is InChI=1S/C14H22O5/c1-6-8-14(3)9(13(16)19-7-2)10(17-4)11(18-5)12(14)15/h6,11-12,15H,1,7-8H2,2-5H3/t11-,12+,14+/m0/s1. The number of esters is 1. The van der Waals surface area contributed by atoms with Crippen molar-refractivity contribution in [3.63, 3.8) is 0 Å². The molecular formula is C14H22O5. The highest BCUT2D eigenvalue weighted by molar-refractivity contribution is 5.92. The van der Waals surface area contributed by atoms with E-state index in [9.17, 15) is 9.90 Å². The fraction of sp³-hybridized carbons (Fsp3) is 0.643. The molecule has 0 spiro atoms. The molecule has 19 heavy (non-hydrogen) atoms. The topological polar surface area (TPSA) is 65.0 Å². The summed E-state index contributed by atoms with van der Waals surface area (Å²) in [7, 11) is 2.92. The smallest absolute Gasteiger partial charge is 0.338 e. The Kier molecular flexibility index (Phi) is 5.14. The number of hydrogen-bond acceptors (Lipinski definition) is 5. The number of carbonyl (C=O) groups excluding carboxylic acids is 1. The van der Waals surface area contributed by atoms with Crippen LogP contribution in [0, 0.1) is 5.41 Å². The molecule has 0 bridgehead atoms. The first-order valence-corrected chi connectivity index (χ1v) is 6.25. The number of allylic oxidation sites excluding steroid dienone is 1. The average molecular weight is 270 g/mol. The third-order valence-corrected chi connectivity index (χ3v) is 3.54. The lowest BCUT2D eigenvalue weighted by Gasteiger charge is -2.30. The van der Waals surface area contributed by atoms with Crippen LogP contribution in [-0.4, -0.2) is 44.1 Å². The maximum absolute atomic E-state index is 12.2. The van der Waals surface area contributed by atoms with Crippen LogP contribution in [0.4, 0.5) is 0 Å². The lowest BCUT2D eigenvalue weighted by Crippen LogP contribution is -2.38. The second kappa shape index (κ2) is 6.21. The molecule has 108 valence electrons. The summed E-state index contributed by atoms with van der Waals surface area (Å²) in [6, 6.07) is 0. The molecule has 0 aromatic heterocycles. The van der Waals surface area contributed by atoms with E-state index in [1.165, 1.54) is 14.2 Å². The minimum atomic E-state index is -0.884. The summed E-state index contributed by atoms with van der Waals surface area (Å²) >= 11 is 0. The van der Waals surface area contributed by atoms with Gasteiger partial charge in [0, 0.05) is 12.5 Å². The Bertz CT molecular complexity index is 387. The predicted octanol–water partition coefficient (Wildman–Crippen LogP) is 1.42. The Morgan fingerprint density at radius 1 is 1.53 bits per heavy atom. The molecule has 0 saturated heterocycles. The molecule has 0 aliphatic heterocycles. The number of methoxy groups -OCH3 is 2. The number of ether oxygens (including phenoxy) is 3. The van der Waals surface area contributed by atoms with Crippen molar-refractivity contribution in [2.75, 3.05) is 20.8 Å². The molecule has 1 aliphatic rings. The molecule has 0 aromatic rings. The van der Waals surface area contributed by atoms with E-state index in [4.69, 9.17) is 14.2 Å². The quantitative estimate of drug-likeness (QED) is 0.584. The van der Waals surface area contributed by atoms with Gasteiger partial charge in [-0.3, -0.25) is 0 Å². The minimum Gasteiger partial charge on any atom is -0.498 e. The zero-order valence-electron chi connectivity index (χ0n) is 11.9. The SMILES string of the molecule is C=CC[C@]1(C)C(C(=O)OCC)=C(OC)[C@H](OC)[C@H]1O. The van der Waals surface area contributed by atoms with Gasteiger partial charge in [-0.05, 0) is 13.3 Å². The molecular weight excluding hydrogens is 248 g/mol. The van der Waals surface area contributed by atoms with E-state index >= 15 is 0 Å². The van der Waals surface area contributed by atoms with Crippen LogP contribution in [0.15, 0.2) is 24.0 Å². The molecule has 0 radical (unpaired) electrons. The molecule has 3 atom stereocenters. The van der Waals surface area contributed by atoms with E-state index in [2.05, 4.69) is 6.58 Å². The van der Waals surface area contributed by atoms with Gasteiger partial charge in [-0.15, -0.1) is 6.58 Å². The largest absolute Gasteiger partial charge is 0.498 e. The van der Waals surface area contributed by atoms with Crippen molar-refractivity contribution in [3.05, 3.63) is 24.0 Å². The van der Waals surface area contributed by atoms with Gasteiger partial charge >= 0.3 is 5.97 Å². The van der Waals surface area contributed by atoms with E-state index < -0.39 is 23.6 Å². The second-order valence-electron chi connectivity index (χ2n) is 4.68. The third kappa shape index (κ3) is 2.53. The highest BCUT2D eigenvalue weighted by Crippen LogP contribution is 2.47. The Morgan fingerprint density at radius 3 is 2.58 bits per heavy atom. The Balaban J connectivity index is 3.33. The minimum absolute atomic E-state index is 0.261. The second-order valence-corrected chi connectivity index (χ2v) is 4.68. The van der Waals surface area contributed by atoms with Gasteiger partial charge in [-0.25, -0.2) is 4.79 Å². The van der Waals surface area contributed by atoms with Crippen LogP contribution in [0.2, 0.25) is 0 Å². The van der Waals surface area contributed by atoms with E-state index in [1.807, 2.05) is 0 Å². The number of carbonyl (C=O) groups is 1. The molecule has 0 amide bonds. The summed E-state index contributed by atoms with van der Waals surface area (Å²) in [5, 5.41) is 10.4. The van der Waals surface area contributed by atoms with Crippen LogP contribution in [0.1, 0.15) is 20.3 Å². The van der Waals surface area contributed by atoms with Gasteiger partial charge in [0.2, 0.25) is 0 Å². The molecule has 1 rings (SSSR count). The van der Waals surface area contributed by atoms with Crippen molar-refractivity contribution in [2.45, 2.75) is 32.5 Å². The normalized spacial score (nSPS) is 30.4. The lowest BCUT2D eigenvalue weighted by molar-refractivity contribution is -0.140. The van der Waals surface area contributed by atoms with Crippen LogP contribution in [-0.2, 0) is 19.0 Å². The monoisotopic (exact) mass is 270 g/mol. The first-order valence-electron chi connectivity index (χ1n) is 6.25. The summed E-state index contributed by atoms with van der Waals surface area (Å²) in [4.78, 5) is 12.2. The molecule has 0 fully saturated rings. The van der Waals surface area contributed by atoms with Crippen LogP contribution in [0.3, 0.4) is 0 Å². The molecule has 0 unspecified atom stereocenters. The van der Waals surface area contributed by atoms with Crippen LogP contribution >= 0.6 is 0 Å². The number of aliphatic hydroxyl groups excluding tert-OH is 1. The lowest BCUT2D eigenvalue weighted by atomic mass is 9.78. The van der Waals surface area contributed by atoms with Gasteiger partial charge in [-0.1, -0.05) is 13.0 Å². The van der Waals surface area contributed by atoms with Gasteiger partial charge in [0.25, 0.3) is 0 Å². The Labute approximate surface area is 113 Å². The number of aliphatic hydroxyl groups is 1. The maximum Gasteiger partial charge on any atom is 0.338 e. The van der Waals surface area contributed by atoms with E-state index in [1.54, 1.807) is 19.9 Å². The fourth-order valence-corrected chi connectivity index (χ4v) is 2.56. The zero-order valence-corrected chi connectivity index (χ0v) is 11.9. The fourth-order valence-electron chi connectivity index (χ4n) is 2.56. The number of rotatable bonds is 6. The molecule has 1 aliphatic carbocycles. The summed E-state index contributed by atoms with van der Waals surface area (Å²) < 4.78 is 15.6. The van der Waals surface area contributed by atoms with Crippen molar-refractivity contribution >= 4 is 5.97 Å². The van der Waals surface area contributed by atoms with E-state index in [0.717, 1.165) is 0 Å². The average Bonchev–Trinajstić information content (AvgIpc) is 2.58. The van der Waals surface area contributed by atoms with Crippen LogP contribution in [0.5, 0.6) is 0 Å². The maximum atomic E-state index is 12.2. The van der Waals surface area contributed by atoms with E-state index in [0.29, 0.717) is 17.8 Å². The van der Waals surface area contributed by atoms with Crippen molar-refractivity contribution in [2.24, 2.45) is 5.41 Å². The predicted molar refractivity (Wildman–Crippen MR) is 70.4 cm³/mol. The Hall–Kier alpha value is -1.33. The first-order chi connectivity index (χ1) is 8.97. The highest BCUT2D eigenvalue weighted by atomic mass is 16.5. The van der Waals surface area contributed by atoms with E-state index in [-0.39, 0.29) is 6.61 Å². The molecule has 0 heterocycles. The summed E-state index contributed by atoms with van der Waals surface area (Å²) in [6.07, 6.45) is 0.530. The van der Waals surface area contributed by atoms with Gasteiger partial charge in [0.1, 0.15) is 11.9 Å². The Morgan fingerprint density at radius 2 is 2.16 bits per heavy atom. The molecule has 0 aromatic carbocycles. The number of hydrogen-bond donors (Lipinski definition) is 1.